The first-order valence-electron chi connectivity index (χ1n) is 2.64. The monoisotopic (exact) mass is 191 g/mol. The van der Waals surface area contributed by atoms with Gasteiger partial charge in [-0.3, -0.25) is 15.6 Å². The Kier molecular flexibility index (Phi) is 3.07. The van der Waals surface area contributed by atoms with Crippen LogP contribution in [0.1, 0.15) is 6.92 Å². The molecule has 0 heterocycles. The van der Waals surface area contributed by atoms with Gasteiger partial charge in [0.1, 0.15) is 6.04 Å². The molecule has 0 rings (SSSR count). The second-order valence-electron chi connectivity index (χ2n) is 2.10. The Balaban J connectivity index is 4.10. The molecule has 4 nitrogen and oxygen atoms in total. The molecular formula is C3H9F3N3OP. The van der Waals surface area contributed by atoms with Gasteiger partial charge in [0, 0.05) is 0 Å². The maximum atomic E-state index is 11.7. The van der Waals surface area contributed by atoms with Crippen molar-refractivity contribution in [3.05, 3.63) is 0 Å². The van der Waals surface area contributed by atoms with E-state index in [1.54, 1.807) is 5.09 Å². The lowest BCUT2D eigenvalue weighted by Crippen LogP contribution is -2.40. The van der Waals surface area contributed by atoms with Gasteiger partial charge in [0.2, 0.25) is 0 Å². The number of hydrogen-bond donors (Lipinski definition) is 3. The third kappa shape index (κ3) is 5.20. The first kappa shape index (κ1) is 10.9. The molecule has 0 aromatic heterocycles. The molecule has 0 aromatic carbocycles. The number of rotatable bonds is 2. The Hall–Kier alpha value is -0.100. The third-order valence-electron chi connectivity index (χ3n) is 0.886. The molecule has 1 atom stereocenters. The van der Waals surface area contributed by atoms with E-state index in [4.69, 9.17) is 0 Å². The predicted octanol–water partition coefficient (Wildman–Crippen LogP) is 0.552. The average Bonchev–Trinajstić information content (AvgIpc) is 1.56. The highest BCUT2D eigenvalue weighted by Crippen LogP contribution is 2.27. The van der Waals surface area contributed by atoms with Crippen LogP contribution in [0, 0.1) is 0 Å². The van der Waals surface area contributed by atoms with Gasteiger partial charge in [0.25, 0.3) is 7.59 Å². The molecule has 68 valence electrons. The maximum Gasteiger partial charge on any atom is 0.404 e. The highest BCUT2D eigenvalue weighted by Gasteiger charge is 2.38. The summed E-state index contributed by atoms with van der Waals surface area (Å²) in [5, 5.41) is 1.55. The quantitative estimate of drug-likeness (QED) is 0.557. The van der Waals surface area contributed by atoms with Gasteiger partial charge in [0.15, 0.2) is 0 Å². The minimum Gasteiger partial charge on any atom is -0.271 e. The van der Waals surface area contributed by atoms with Gasteiger partial charge in [0.05, 0.1) is 0 Å². The van der Waals surface area contributed by atoms with Crippen LogP contribution in [0.15, 0.2) is 0 Å². The topological polar surface area (TPSA) is 81.1 Å². The van der Waals surface area contributed by atoms with Crippen molar-refractivity contribution in [1.29, 1.82) is 0 Å². The Morgan fingerprint density at radius 2 is 1.82 bits per heavy atom. The first-order valence-corrected chi connectivity index (χ1v) is 4.49. The molecule has 5 N–H and O–H groups in total. The van der Waals surface area contributed by atoms with Crippen LogP contribution in [-0.2, 0) is 4.57 Å². The van der Waals surface area contributed by atoms with Crippen LogP contribution < -0.4 is 16.1 Å². The zero-order valence-electron chi connectivity index (χ0n) is 5.72. The average molecular weight is 191 g/mol. The van der Waals surface area contributed by atoms with E-state index in [9.17, 15) is 17.7 Å². The van der Waals surface area contributed by atoms with E-state index in [2.05, 4.69) is 11.0 Å². The molecule has 0 fully saturated rings. The second-order valence-corrected chi connectivity index (χ2v) is 3.78. The standard InChI is InChI=1S/C3H9F3N3OP/c1-2(3(4,5)6)9-11(7,8)10/h2H,1H3,(H5,7,8,9,10)/t2-/m0/s1. The van der Waals surface area contributed by atoms with Crippen LogP contribution in [-0.4, -0.2) is 12.2 Å². The SMILES string of the molecule is C[C@H](NP(N)(N)=O)C(F)(F)F. The number of nitrogens with one attached hydrogen (secondary N) is 1. The number of halogens is 3. The smallest absolute Gasteiger partial charge is 0.271 e. The summed E-state index contributed by atoms with van der Waals surface area (Å²) in [7, 11) is -3.79. The molecule has 0 radical (unpaired) electrons. The van der Waals surface area contributed by atoms with Crippen LogP contribution in [0.4, 0.5) is 13.2 Å². The van der Waals surface area contributed by atoms with Crippen molar-refractivity contribution < 1.29 is 17.7 Å². The van der Waals surface area contributed by atoms with Crippen molar-refractivity contribution in [1.82, 2.24) is 5.09 Å². The molecule has 0 bridgehead atoms. The van der Waals surface area contributed by atoms with E-state index >= 15 is 0 Å². The zero-order chi connectivity index (χ0) is 9.28. The fourth-order valence-electron chi connectivity index (χ4n) is 0.376. The molecule has 0 saturated carbocycles. The summed E-state index contributed by atoms with van der Waals surface area (Å²) < 4.78 is 45.5. The third-order valence-corrected chi connectivity index (χ3v) is 1.68. The number of nitrogens with two attached hydrogens (primary N) is 2. The minimum absolute atomic E-state index is 0.784. The van der Waals surface area contributed by atoms with E-state index in [1.807, 2.05) is 0 Å². The van der Waals surface area contributed by atoms with Crippen LogP contribution in [0.2, 0.25) is 0 Å². The van der Waals surface area contributed by atoms with Crippen LogP contribution in [0.5, 0.6) is 0 Å². The normalized spacial score (nSPS) is 16.5. The molecule has 0 unspecified atom stereocenters. The zero-order valence-corrected chi connectivity index (χ0v) is 6.62. The highest BCUT2D eigenvalue weighted by molar-refractivity contribution is 7.56. The number of hydrogen-bond acceptors (Lipinski definition) is 1. The Morgan fingerprint density at radius 1 is 1.45 bits per heavy atom. The van der Waals surface area contributed by atoms with Crippen molar-refractivity contribution in [3.63, 3.8) is 0 Å². The molecule has 0 aliphatic carbocycles. The fraction of sp³-hybridized carbons (Fsp3) is 1.00. The molecule has 0 aliphatic heterocycles. The van der Waals surface area contributed by atoms with Crippen molar-refractivity contribution in [2.75, 3.05) is 0 Å². The molecule has 0 aromatic rings. The van der Waals surface area contributed by atoms with Crippen molar-refractivity contribution >= 4 is 7.59 Å². The van der Waals surface area contributed by atoms with Crippen molar-refractivity contribution in [2.45, 2.75) is 19.1 Å². The van der Waals surface area contributed by atoms with E-state index in [-0.39, 0.29) is 0 Å². The van der Waals surface area contributed by atoms with E-state index in [0.717, 1.165) is 6.92 Å². The summed E-state index contributed by atoms with van der Waals surface area (Å²) in [4.78, 5) is 0. The van der Waals surface area contributed by atoms with Gasteiger partial charge < -0.3 is 0 Å². The fourth-order valence-corrected chi connectivity index (χ4v) is 1.13. The van der Waals surface area contributed by atoms with Crippen molar-refractivity contribution in [2.24, 2.45) is 11.0 Å². The second kappa shape index (κ2) is 3.10. The lowest BCUT2D eigenvalue weighted by atomic mass is 10.4. The number of alkyl halides is 3. The Bertz CT molecular complexity index is 175. The van der Waals surface area contributed by atoms with E-state index in [1.165, 1.54) is 0 Å². The summed E-state index contributed by atoms with van der Waals surface area (Å²) in [6.07, 6.45) is -4.48. The Morgan fingerprint density at radius 3 is 1.91 bits per heavy atom. The molecular weight excluding hydrogens is 182 g/mol. The van der Waals surface area contributed by atoms with Crippen LogP contribution >= 0.6 is 7.59 Å². The molecule has 0 spiro atoms. The van der Waals surface area contributed by atoms with Gasteiger partial charge in [-0.1, -0.05) is 0 Å². The molecule has 0 saturated heterocycles. The van der Waals surface area contributed by atoms with Gasteiger partial charge in [-0.2, -0.15) is 13.2 Å². The van der Waals surface area contributed by atoms with E-state index in [0.29, 0.717) is 0 Å². The minimum atomic E-state index is -4.48. The molecule has 0 aliphatic rings. The Labute approximate surface area is 61.7 Å². The highest BCUT2D eigenvalue weighted by atomic mass is 31.2. The van der Waals surface area contributed by atoms with Crippen LogP contribution in [0.25, 0.3) is 0 Å². The maximum absolute atomic E-state index is 11.7. The summed E-state index contributed by atoms with van der Waals surface area (Å²) in [6.45, 7) is 0.784. The summed E-state index contributed by atoms with van der Waals surface area (Å²) in [6, 6.07) is -1.96. The summed E-state index contributed by atoms with van der Waals surface area (Å²) in [5.41, 5.74) is 9.31. The molecule has 8 heteroatoms. The van der Waals surface area contributed by atoms with Crippen molar-refractivity contribution in [3.8, 4) is 0 Å². The van der Waals surface area contributed by atoms with Gasteiger partial charge in [-0.15, -0.1) is 0 Å². The molecule has 0 amide bonds. The summed E-state index contributed by atoms with van der Waals surface area (Å²) >= 11 is 0. The summed E-state index contributed by atoms with van der Waals surface area (Å²) in [5.74, 6) is 0. The lowest BCUT2D eigenvalue weighted by molar-refractivity contribution is -0.147. The largest absolute Gasteiger partial charge is 0.404 e. The predicted molar refractivity (Wildman–Crippen MR) is 34.6 cm³/mol. The van der Waals surface area contributed by atoms with Gasteiger partial charge >= 0.3 is 6.18 Å². The van der Waals surface area contributed by atoms with Gasteiger partial charge in [-0.25, -0.2) is 5.09 Å². The van der Waals surface area contributed by atoms with E-state index < -0.39 is 19.8 Å². The van der Waals surface area contributed by atoms with Crippen LogP contribution in [0.3, 0.4) is 0 Å². The molecule has 11 heavy (non-hydrogen) atoms. The lowest BCUT2D eigenvalue weighted by Gasteiger charge is -2.18. The first-order chi connectivity index (χ1) is 4.63. The van der Waals surface area contributed by atoms with Gasteiger partial charge in [-0.05, 0) is 6.92 Å².